The molecule has 2 saturated heterocycles. The Morgan fingerprint density at radius 1 is 1.00 bits per heavy atom. The summed E-state index contributed by atoms with van der Waals surface area (Å²) in [6.07, 6.45) is -0.0518. The molecule has 2 heterocycles. The lowest BCUT2D eigenvalue weighted by atomic mass is 10.0. The highest BCUT2D eigenvalue weighted by atomic mass is 16.5. The minimum atomic E-state index is -1.08. The van der Waals surface area contributed by atoms with Gasteiger partial charge in [-0.25, -0.2) is 9.69 Å². The normalized spacial score (nSPS) is 20.3. The van der Waals surface area contributed by atoms with E-state index in [2.05, 4.69) is 5.32 Å². The average Bonchev–Trinajstić information content (AvgIpc) is 3.18. The molecule has 2 aliphatic rings. The number of nitrogens with zero attached hydrogens (tertiary/aromatic N) is 2. The molecular formula is C22H21N3O6. The molecule has 0 saturated carbocycles. The van der Waals surface area contributed by atoms with Gasteiger partial charge in [-0.2, -0.15) is 0 Å². The molecule has 0 spiro atoms. The van der Waals surface area contributed by atoms with Gasteiger partial charge in [-0.05, 0) is 42.8 Å². The van der Waals surface area contributed by atoms with Gasteiger partial charge in [0, 0.05) is 13.0 Å². The highest BCUT2D eigenvalue weighted by Crippen LogP contribution is 2.30. The van der Waals surface area contributed by atoms with E-state index in [4.69, 9.17) is 9.84 Å². The van der Waals surface area contributed by atoms with Crippen LogP contribution in [0.4, 0.5) is 10.5 Å². The number of fused-ring (bicyclic) bond motifs is 1. The van der Waals surface area contributed by atoms with E-state index in [1.54, 1.807) is 24.3 Å². The van der Waals surface area contributed by atoms with Crippen molar-refractivity contribution in [2.24, 2.45) is 0 Å². The Hall–Kier alpha value is -3.88. The maximum atomic E-state index is 13.2. The minimum absolute atomic E-state index is 0.189. The number of rotatable bonds is 6. The van der Waals surface area contributed by atoms with E-state index in [1.807, 2.05) is 30.3 Å². The van der Waals surface area contributed by atoms with Gasteiger partial charge in [-0.3, -0.25) is 14.4 Å². The van der Waals surface area contributed by atoms with Crippen molar-refractivity contribution in [3.8, 4) is 11.5 Å². The van der Waals surface area contributed by atoms with Gasteiger partial charge in [0.1, 0.15) is 17.5 Å². The smallest absolute Gasteiger partial charge is 0.329 e. The third-order valence-electron chi connectivity index (χ3n) is 5.33. The van der Waals surface area contributed by atoms with E-state index in [-0.39, 0.29) is 19.4 Å². The number of carbonyl (C=O) groups is 4. The molecule has 4 rings (SSSR count). The Labute approximate surface area is 178 Å². The van der Waals surface area contributed by atoms with E-state index >= 15 is 0 Å². The molecule has 2 N–H and O–H groups in total. The number of imide groups is 1. The average molecular weight is 423 g/mol. The van der Waals surface area contributed by atoms with Gasteiger partial charge in [-0.15, -0.1) is 0 Å². The van der Waals surface area contributed by atoms with Crippen molar-refractivity contribution in [1.29, 1.82) is 0 Å². The highest BCUT2D eigenvalue weighted by Gasteiger charge is 2.49. The third kappa shape index (κ3) is 4.20. The van der Waals surface area contributed by atoms with Crippen LogP contribution in [0.5, 0.6) is 11.5 Å². The van der Waals surface area contributed by atoms with Gasteiger partial charge in [0.05, 0.1) is 18.2 Å². The molecule has 2 aromatic carbocycles. The summed E-state index contributed by atoms with van der Waals surface area (Å²) in [5, 5.41) is 11.6. The number of hydrogen-bond acceptors (Lipinski definition) is 5. The molecule has 2 atom stereocenters. The SMILES string of the molecule is O=C(O)CCC(=O)N1CC[C@H]2NC(=O)N(c3ccc(Oc4ccccc4)cc3)C(=O)[C@@H]21. The van der Waals surface area contributed by atoms with Crippen molar-refractivity contribution in [1.82, 2.24) is 10.2 Å². The number of carbonyl (C=O) groups excluding carboxylic acids is 3. The van der Waals surface area contributed by atoms with Gasteiger partial charge in [0.2, 0.25) is 5.91 Å². The zero-order valence-electron chi connectivity index (χ0n) is 16.6. The van der Waals surface area contributed by atoms with E-state index < -0.39 is 35.9 Å². The van der Waals surface area contributed by atoms with Gasteiger partial charge in [-0.1, -0.05) is 18.2 Å². The number of benzene rings is 2. The lowest BCUT2D eigenvalue weighted by Gasteiger charge is -2.36. The maximum Gasteiger partial charge on any atom is 0.329 e. The van der Waals surface area contributed by atoms with Crippen LogP contribution in [0.15, 0.2) is 54.6 Å². The second-order valence-electron chi connectivity index (χ2n) is 7.35. The fourth-order valence-corrected chi connectivity index (χ4v) is 3.87. The number of urea groups is 1. The summed E-state index contributed by atoms with van der Waals surface area (Å²) in [6.45, 7) is 0.289. The summed E-state index contributed by atoms with van der Waals surface area (Å²) in [6, 6.07) is 13.8. The first-order valence-electron chi connectivity index (χ1n) is 9.93. The zero-order valence-corrected chi connectivity index (χ0v) is 16.6. The Morgan fingerprint density at radius 3 is 2.35 bits per heavy atom. The second kappa shape index (κ2) is 8.47. The molecule has 0 aliphatic carbocycles. The molecule has 0 aromatic heterocycles. The van der Waals surface area contributed by atoms with Crippen LogP contribution in [-0.4, -0.2) is 52.4 Å². The lowest BCUT2D eigenvalue weighted by molar-refractivity contribution is -0.142. The lowest BCUT2D eigenvalue weighted by Crippen LogP contribution is -2.65. The maximum absolute atomic E-state index is 13.2. The molecule has 0 unspecified atom stereocenters. The molecular weight excluding hydrogens is 402 g/mol. The summed E-state index contributed by atoms with van der Waals surface area (Å²) in [5.41, 5.74) is 0.353. The van der Waals surface area contributed by atoms with Gasteiger partial charge in [0.25, 0.3) is 5.91 Å². The standard InChI is InChI=1S/C22H21N3O6/c26-18(10-11-19(27)28)24-13-12-17-20(24)21(29)25(22(30)23-17)14-6-8-16(9-7-14)31-15-4-2-1-3-5-15/h1-9,17,20H,10-13H2,(H,23,30)(H,27,28)/t17-,20-/m1/s1. The summed E-state index contributed by atoms with van der Waals surface area (Å²) >= 11 is 0. The summed E-state index contributed by atoms with van der Waals surface area (Å²) in [7, 11) is 0. The van der Waals surface area contributed by atoms with Gasteiger partial charge >= 0.3 is 12.0 Å². The zero-order chi connectivity index (χ0) is 22.0. The number of hydrogen-bond donors (Lipinski definition) is 2. The summed E-state index contributed by atoms with van der Waals surface area (Å²) < 4.78 is 5.73. The van der Waals surface area contributed by atoms with Crippen LogP contribution in [0.3, 0.4) is 0 Å². The first-order chi connectivity index (χ1) is 14.9. The van der Waals surface area contributed by atoms with E-state index in [1.165, 1.54) is 4.90 Å². The van der Waals surface area contributed by atoms with Crippen LogP contribution in [0, 0.1) is 0 Å². The number of ether oxygens (including phenoxy) is 1. The first-order valence-corrected chi connectivity index (χ1v) is 9.93. The highest BCUT2D eigenvalue weighted by molar-refractivity contribution is 6.19. The predicted octanol–water partition coefficient (Wildman–Crippen LogP) is 2.37. The van der Waals surface area contributed by atoms with E-state index in [9.17, 15) is 19.2 Å². The molecule has 31 heavy (non-hydrogen) atoms. The summed E-state index contributed by atoms with van der Waals surface area (Å²) in [4.78, 5) is 51.4. The van der Waals surface area contributed by atoms with E-state index in [0.29, 0.717) is 23.6 Å². The van der Waals surface area contributed by atoms with Crippen LogP contribution in [0.1, 0.15) is 19.3 Å². The number of anilines is 1. The van der Waals surface area contributed by atoms with E-state index in [0.717, 1.165) is 4.90 Å². The minimum Gasteiger partial charge on any atom is -0.481 e. The molecule has 160 valence electrons. The van der Waals surface area contributed by atoms with Crippen molar-refractivity contribution in [3.05, 3.63) is 54.6 Å². The topological polar surface area (TPSA) is 116 Å². The van der Waals surface area contributed by atoms with Crippen LogP contribution in [0.25, 0.3) is 0 Å². The largest absolute Gasteiger partial charge is 0.481 e. The predicted molar refractivity (Wildman–Crippen MR) is 110 cm³/mol. The molecule has 0 bridgehead atoms. The number of para-hydroxylation sites is 1. The molecule has 9 heteroatoms. The Bertz CT molecular complexity index is 1010. The van der Waals surface area contributed by atoms with Crippen molar-refractivity contribution in [3.63, 3.8) is 0 Å². The number of nitrogens with one attached hydrogen (secondary N) is 1. The van der Waals surface area contributed by atoms with Crippen molar-refractivity contribution < 1.29 is 29.0 Å². The molecule has 0 radical (unpaired) electrons. The Balaban J connectivity index is 1.50. The van der Waals surface area contributed by atoms with Crippen LogP contribution in [-0.2, 0) is 14.4 Å². The van der Waals surface area contributed by atoms with Gasteiger partial charge < -0.3 is 20.1 Å². The quantitative estimate of drug-likeness (QED) is 0.737. The van der Waals surface area contributed by atoms with Crippen LogP contribution in [0.2, 0.25) is 0 Å². The Morgan fingerprint density at radius 2 is 1.68 bits per heavy atom. The molecule has 9 nitrogen and oxygen atoms in total. The summed E-state index contributed by atoms with van der Waals surface area (Å²) in [5.74, 6) is -0.792. The Kier molecular flexibility index (Phi) is 5.57. The third-order valence-corrected chi connectivity index (χ3v) is 5.33. The molecule has 4 amide bonds. The number of aliphatic carboxylic acids is 1. The monoisotopic (exact) mass is 423 g/mol. The number of amides is 4. The molecule has 2 aromatic rings. The molecule has 2 aliphatic heterocycles. The molecule has 2 fully saturated rings. The fourth-order valence-electron chi connectivity index (χ4n) is 3.87. The fraction of sp³-hybridized carbons (Fsp3) is 0.273. The van der Waals surface area contributed by atoms with Crippen molar-refractivity contribution in [2.75, 3.05) is 11.4 Å². The number of carboxylic acids is 1. The number of likely N-dealkylation sites (tertiary alicyclic amines) is 1. The number of carboxylic acid groups (broad SMARTS) is 1. The first kappa shape index (κ1) is 20.4. The van der Waals surface area contributed by atoms with Gasteiger partial charge in [0.15, 0.2) is 0 Å². The van der Waals surface area contributed by atoms with Crippen LogP contribution >= 0.6 is 0 Å². The van der Waals surface area contributed by atoms with Crippen LogP contribution < -0.4 is 15.0 Å². The van der Waals surface area contributed by atoms with Crippen molar-refractivity contribution in [2.45, 2.75) is 31.3 Å². The second-order valence-corrected chi connectivity index (χ2v) is 7.35. The van der Waals surface area contributed by atoms with Crippen molar-refractivity contribution >= 4 is 29.5 Å².